The Kier molecular flexibility index (Phi) is 5.38. The first kappa shape index (κ1) is 16.1. The van der Waals surface area contributed by atoms with Crippen molar-refractivity contribution < 1.29 is 5.11 Å². The minimum Gasteiger partial charge on any atom is -0.387 e. The quantitative estimate of drug-likeness (QED) is 0.676. The first-order valence-corrected chi connectivity index (χ1v) is 9.24. The van der Waals surface area contributed by atoms with E-state index in [0.717, 1.165) is 21.4 Å². The predicted molar refractivity (Wildman–Crippen MR) is 96.1 cm³/mol. The van der Waals surface area contributed by atoms with Gasteiger partial charge in [0.05, 0.1) is 6.10 Å². The number of aromatic nitrogens is 2. The van der Waals surface area contributed by atoms with Crippen molar-refractivity contribution in [3.05, 3.63) is 63.3 Å². The molecule has 2 N–H and O–H groups in total. The van der Waals surface area contributed by atoms with Gasteiger partial charge in [-0.05, 0) is 30.4 Å². The summed E-state index contributed by atoms with van der Waals surface area (Å²) in [6.45, 7) is 2.05. The molecule has 2 aromatic heterocycles. The molecule has 1 aromatic carbocycles. The molecule has 0 aliphatic carbocycles. The number of anilines is 1. The number of aliphatic hydroxyl groups is 1. The van der Waals surface area contributed by atoms with E-state index in [9.17, 15) is 5.11 Å². The van der Waals surface area contributed by atoms with Crippen LogP contribution in [0.5, 0.6) is 0 Å². The molecule has 0 saturated carbocycles. The predicted octanol–water partition coefficient (Wildman–Crippen LogP) is 4.11. The van der Waals surface area contributed by atoms with Crippen LogP contribution in [0.1, 0.15) is 34.9 Å². The Hall–Kier alpha value is -1.76. The van der Waals surface area contributed by atoms with Crippen LogP contribution in [0.25, 0.3) is 0 Å². The Bertz CT molecular complexity index is 713. The number of rotatable bonds is 7. The number of aliphatic hydroxyl groups excluding tert-OH is 1. The lowest BCUT2D eigenvalue weighted by molar-refractivity contribution is 0.166. The molecular formula is C17H19N3OS2. The van der Waals surface area contributed by atoms with E-state index in [1.165, 1.54) is 5.56 Å². The molecule has 6 heteroatoms. The first-order valence-electron chi connectivity index (χ1n) is 7.55. The summed E-state index contributed by atoms with van der Waals surface area (Å²) in [4.78, 5) is 1.00. The van der Waals surface area contributed by atoms with Crippen LogP contribution in [-0.4, -0.2) is 21.3 Å². The highest BCUT2D eigenvalue weighted by molar-refractivity contribution is 7.15. The van der Waals surface area contributed by atoms with Crippen LogP contribution in [0.2, 0.25) is 0 Å². The second-order valence-electron chi connectivity index (χ2n) is 5.48. The highest BCUT2D eigenvalue weighted by Crippen LogP contribution is 2.25. The van der Waals surface area contributed by atoms with E-state index in [-0.39, 0.29) is 6.04 Å². The maximum absolute atomic E-state index is 10.2. The number of nitrogens with zero attached hydrogens (tertiary/aromatic N) is 2. The van der Waals surface area contributed by atoms with Crippen molar-refractivity contribution in [2.75, 3.05) is 5.32 Å². The van der Waals surface area contributed by atoms with Crippen molar-refractivity contribution in [2.45, 2.75) is 31.9 Å². The first-order chi connectivity index (χ1) is 11.2. The van der Waals surface area contributed by atoms with Crippen molar-refractivity contribution in [1.29, 1.82) is 0 Å². The van der Waals surface area contributed by atoms with Crippen molar-refractivity contribution in [3.63, 3.8) is 0 Å². The SMILES string of the molecule is CC(CC(O)c1cccs1)Nc1nnc(Cc2ccccc2)s1. The van der Waals surface area contributed by atoms with Gasteiger partial charge in [0.2, 0.25) is 5.13 Å². The Labute approximate surface area is 143 Å². The van der Waals surface area contributed by atoms with Crippen molar-refractivity contribution in [3.8, 4) is 0 Å². The van der Waals surface area contributed by atoms with Crippen LogP contribution >= 0.6 is 22.7 Å². The number of thiophene rings is 1. The van der Waals surface area contributed by atoms with Crippen LogP contribution in [0.4, 0.5) is 5.13 Å². The van der Waals surface area contributed by atoms with E-state index in [1.807, 2.05) is 35.7 Å². The molecule has 4 nitrogen and oxygen atoms in total. The standard InChI is InChI=1S/C17H19N3OS2/c1-12(10-14(21)15-8-5-9-22-15)18-17-20-19-16(23-17)11-13-6-3-2-4-7-13/h2-9,12,14,21H,10-11H2,1H3,(H,18,20). The minimum absolute atomic E-state index is 0.129. The summed E-state index contributed by atoms with van der Waals surface area (Å²) in [6, 6.07) is 14.3. The number of hydrogen-bond acceptors (Lipinski definition) is 6. The van der Waals surface area contributed by atoms with Gasteiger partial charge in [0.1, 0.15) is 5.01 Å². The average molecular weight is 345 g/mol. The van der Waals surface area contributed by atoms with Gasteiger partial charge < -0.3 is 10.4 Å². The van der Waals surface area contributed by atoms with E-state index < -0.39 is 6.10 Å². The molecule has 2 atom stereocenters. The highest BCUT2D eigenvalue weighted by Gasteiger charge is 2.15. The summed E-state index contributed by atoms with van der Waals surface area (Å²) < 4.78 is 0. The molecule has 0 spiro atoms. The van der Waals surface area contributed by atoms with Gasteiger partial charge >= 0.3 is 0 Å². The van der Waals surface area contributed by atoms with Gasteiger partial charge in [0.25, 0.3) is 0 Å². The van der Waals surface area contributed by atoms with Gasteiger partial charge in [-0.15, -0.1) is 21.5 Å². The normalized spacial score (nSPS) is 13.7. The monoisotopic (exact) mass is 345 g/mol. The van der Waals surface area contributed by atoms with Crippen molar-refractivity contribution in [1.82, 2.24) is 10.2 Å². The van der Waals surface area contributed by atoms with E-state index in [1.54, 1.807) is 22.7 Å². The third-order valence-electron chi connectivity index (χ3n) is 3.48. The second kappa shape index (κ2) is 7.68. The Morgan fingerprint density at radius 1 is 1.13 bits per heavy atom. The van der Waals surface area contributed by atoms with Gasteiger partial charge in [-0.1, -0.05) is 47.7 Å². The Balaban J connectivity index is 1.54. The fourth-order valence-electron chi connectivity index (χ4n) is 2.36. The van der Waals surface area contributed by atoms with Gasteiger partial charge in [-0.2, -0.15) is 0 Å². The average Bonchev–Trinajstić information content (AvgIpc) is 3.20. The summed E-state index contributed by atoms with van der Waals surface area (Å²) in [5.41, 5.74) is 1.23. The molecule has 2 unspecified atom stereocenters. The topological polar surface area (TPSA) is 58.0 Å². The maximum Gasteiger partial charge on any atom is 0.205 e. The molecule has 0 bridgehead atoms. The van der Waals surface area contributed by atoms with Crippen LogP contribution in [-0.2, 0) is 6.42 Å². The zero-order valence-electron chi connectivity index (χ0n) is 12.8. The number of benzene rings is 1. The number of hydrogen-bond donors (Lipinski definition) is 2. The summed E-state index contributed by atoms with van der Waals surface area (Å²) >= 11 is 3.15. The van der Waals surface area contributed by atoms with E-state index in [0.29, 0.717) is 6.42 Å². The molecule has 23 heavy (non-hydrogen) atoms. The molecule has 0 radical (unpaired) electrons. The summed E-state index contributed by atoms with van der Waals surface area (Å²) in [5, 5.41) is 25.7. The fraction of sp³-hybridized carbons (Fsp3) is 0.294. The lowest BCUT2D eigenvalue weighted by Crippen LogP contribution is -2.18. The summed E-state index contributed by atoms with van der Waals surface area (Å²) in [6.07, 6.45) is 1.01. The third kappa shape index (κ3) is 4.60. The molecule has 120 valence electrons. The van der Waals surface area contributed by atoms with Gasteiger partial charge in [-0.25, -0.2) is 0 Å². The van der Waals surface area contributed by atoms with Gasteiger partial charge in [0, 0.05) is 17.3 Å². The number of nitrogens with one attached hydrogen (secondary N) is 1. The summed E-state index contributed by atoms with van der Waals surface area (Å²) in [5.74, 6) is 0. The lowest BCUT2D eigenvalue weighted by atomic mass is 10.1. The lowest BCUT2D eigenvalue weighted by Gasteiger charge is -2.16. The molecular weight excluding hydrogens is 326 g/mol. The van der Waals surface area contributed by atoms with Crippen LogP contribution in [0.15, 0.2) is 47.8 Å². The van der Waals surface area contributed by atoms with Gasteiger partial charge in [0.15, 0.2) is 0 Å². The highest BCUT2D eigenvalue weighted by atomic mass is 32.1. The largest absolute Gasteiger partial charge is 0.387 e. The minimum atomic E-state index is -0.436. The molecule has 0 aliphatic rings. The Morgan fingerprint density at radius 3 is 2.70 bits per heavy atom. The smallest absolute Gasteiger partial charge is 0.205 e. The zero-order chi connectivity index (χ0) is 16.1. The molecule has 0 saturated heterocycles. The zero-order valence-corrected chi connectivity index (χ0v) is 14.5. The van der Waals surface area contributed by atoms with E-state index in [4.69, 9.17) is 0 Å². The van der Waals surface area contributed by atoms with Crippen LogP contribution < -0.4 is 5.32 Å². The second-order valence-corrected chi connectivity index (χ2v) is 7.52. The Morgan fingerprint density at radius 2 is 1.96 bits per heavy atom. The van der Waals surface area contributed by atoms with E-state index in [2.05, 4.69) is 34.6 Å². The summed E-state index contributed by atoms with van der Waals surface area (Å²) in [7, 11) is 0. The third-order valence-corrected chi connectivity index (χ3v) is 5.31. The fourth-order valence-corrected chi connectivity index (χ4v) is 3.97. The van der Waals surface area contributed by atoms with Crippen LogP contribution in [0, 0.1) is 0 Å². The van der Waals surface area contributed by atoms with Gasteiger partial charge in [-0.3, -0.25) is 0 Å². The molecule has 0 amide bonds. The molecule has 0 aliphatic heterocycles. The molecule has 0 fully saturated rings. The molecule has 2 heterocycles. The van der Waals surface area contributed by atoms with Crippen molar-refractivity contribution >= 4 is 27.8 Å². The van der Waals surface area contributed by atoms with E-state index >= 15 is 0 Å². The molecule has 3 rings (SSSR count). The molecule has 3 aromatic rings. The van der Waals surface area contributed by atoms with Crippen LogP contribution in [0.3, 0.4) is 0 Å². The maximum atomic E-state index is 10.2. The van der Waals surface area contributed by atoms with Crippen molar-refractivity contribution in [2.24, 2.45) is 0 Å².